The van der Waals surface area contributed by atoms with Gasteiger partial charge >= 0.3 is 0 Å². The molecule has 1 saturated carbocycles. The van der Waals surface area contributed by atoms with E-state index in [0.29, 0.717) is 10.8 Å². The van der Waals surface area contributed by atoms with E-state index in [0.717, 1.165) is 13.0 Å². The summed E-state index contributed by atoms with van der Waals surface area (Å²) in [6.45, 7) is 2.99. The van der Waals surface area contributed by atoms with Crippen LogP contribution in [0.25, 0.3) is 0 Å². The Morgan fingerprint density at radius 3 is 2.55 bits per heavy atom. The third-order valence-electron chi connectivity index (χ3n) is 2.76. The summed E-state index contributed by atoms with van der Waals surface area (Å²) in [5, 5.41) is 0.347. The van der Waals surface area contributed by atoms with Crippen molar-refractivity contribution < 1.29 is 4.74 Å². The van der Waals surface area contributed by atoms with E-state index < -0.39 is 0 Å². The maximum Gasteiger partial charge on any atom is 0.0462 e. The van der Waals surface area contributed by atoms with Crippen molar-refractivity contribution in [2.75, 3.05) is 13.7 Å². The number of methoxy groups -OCH3 is 1. The fraction of sp³-hybridized carbons (Fsp3) is 1.00. The van der Waals surface area contributed by atoms with Crippen LogP contribution in [-0.2, 0) is 4.74 Å². The molecule has 2 heteroatoms. The molecule has 0 aromatic carbocycles. The zero-order chi connectivity index (χ0) is 8.32. The SMILES string of the molecule is COCCCC1(C(C)Cl)CC1. The van der Waals surface area contributed by atoms with Crippen molar-refractivity contribution in [1.82, 2.24) is 0 Å². The van der Waals surface area contributed by atoms with Crippen LogP contribution in [0.2, 0.25) is 0 Å². The highest BCUT2D eigenvalue weighted by molar-refractivity contribution is 6.21. The van der Waals surface area contributed by atoms with E-state index in [1.165, 1.54) is 19.3 Å². The highest BCUT2D eigenvalue weighted by atomic mass is 35.5. The first-order chi connectivity index (χ1) is 5.21. The van der Waals surface area contributed by atoms with Crippen LogP contribution in [0.4, 0.5) is 0 Å². The molecule has 1 aliphatic rings. The lowest BCUT2D eigenvalue weighted by molar-refractivity contribution is 0.184. The number of alkyl halides is 1. The number of halogens is 1. The van der Waals surface area contributed by atoms with Crippen molar-refractivity contribution in [2.24, 2.45) is 5.41 Å². The average molecular weight is 177 g/mol. The van der Waals surface area contributed by atoms with Gasteiger partial charge in [-0.25, -0.2) is 0 Å². The molecule has 0 radical (unpaired) electrons. The minimum absolute atomic E-state index is 0.347. The summed E-state index contributed by atoms with van der Waals surface area (Å²) < 4.78 is 5.00. The first kappa shape index (κ1) is 9.34. The molecule has 1 unspecified atom stereocenters. The number of rotatable bonds is 5. The molecule has 1 rings (SSSR count). The van der Waals surface area contributed by atoms with Crippen molar-refractivity contribution in [2.45, 2.75) is 38.0 Å². The first-order valence-electron chi connectivity index (χ1n) is 4.34. The zero-order valence-electron chi connectivity index (χ0n) is 7.40. The third kappa shape index (κ3) is 2.34. The monoisotopic (exact) mass is 176 g/mol. The van der Waals surface area contributed by atoms with Crippen molar-refractivity contribution >= 4 is 11.6 Å². The van der Waals surface area contributed by atoms with Gasteiger partial charge in [0.1, 0.15) is 0 Å². The first-order valence-corrected chi connectivity index (χ1v) is 4.78. The van der Waals surface area contributed by atoms with Crippen LogP contribution in [0.3, 0.4) is 0 Å². The van der Waals surface area contributed by atoms with Gasteiger partial charge in [0.2, 0.25) is 0 Å². The van der Waals surface area contributed by atoms with Gasteiger partial charge in [0, 0.05) is 19.1 Å². The largest absolute Gasteiger partial charge is 0.385 e. The second-order valence-corrected chi connectivity index (χ2v) is 4.23. The summed E-state index contributed by atoms with van der Waals surface area (Å²) in [4.78, 5) is 0. The Labute approximate surface area is 74.1 Å². The Morgan fingerprint density at radius 1 is 1.55 bits per heavy atom. The fourth-order valence-electron chi connectivity index (χ4n) is 1.58. The Morgan fingerprint density at radius 2 is 2.18 bits per heavy atom. The van der Waals surface area contributed by atoms with Crippen LogP contribution < -0.4 is 0 Å². The molecule has 1 fully saturated rings. The molecule has 0 aliphatic heterocycles. The van der Waals surface area contributed by atoms with Crippen molar-refractivity contribution in [1.29, 1.82) is 0 Å². The van der Waals surface area contributed by atoms with Crippen LogP contribution in [0.1, 0.15) is 32.6 Å². The minimum Gasteiger partial charge on any atom is -0.385 e. The molecular weight excluding hydrogens is 160 g/mol. The molecule has 66 valence electrons. The Kier molecular flexibility index (Phi) is 3.20. The quantitative estimate of drug-likeness (QED) is 0.463. The third-order valence-corrected chi connectivity index (χ3v) is 3.22. The van der Waals surface area contributed by atoms with Gasteiger partial charge in [0.25, 0.3) is 0 Å². The predicted molar refractivity (Wildman–Crippen MR) is 48.1 cm³/mol. The van der Waals surface area contributed by atoms with Crippen molar-refractivity contribution in [3.8, 4) is 0 Å². The van der Waals surface area contributed by atoms with Crippen LogP contribution >= 0.6 is 11.6 Å². The average Bonchev–Trinajstić information content (AvgIpc) is 2.70. The van der Waals surface area contributed by atoms with E-state index in [1.807, 2.05) is 0 Å². The number of hydrogen-bond donors (Lipinski definition) is 0. The second-order valence-electron chi connectivity index (χ2n) is 3.57. The van der Waals surface area contributed by atoms with Gasteiger partial charge in [0.05, 0.1) is 0 Å². The summed E-state index contributed by atoms with van der Waals surface area (Å²) in [7, 11) is 1.75. The second kappa shape index (κ2) is 3.77. The summed E-state index contributed by atoms with van der Waals surface area (Å²) >= 11 is 6.07. The van der Waals surface area contributed by atoms with E-state index in [1.54, 1.807) is 7.11 Å². The lowest BCUT2D eigenvalue weighted by atomic mass is 9.97. The van der Waals surface area contributed by atoms with E-state index >= 15 is 0 Å². The van der Waals surface area contributed by atoms with Crippen LogP contribution in [0, 0.1) is 5.41 Å². The number of ether oxygens (including phenoxy) is 1. The van der Waals surface area contributed by atoms with Crippen LogP contribution in [-0.4, -0.2) is 19.1 Å². The van der Waals surface area contributed by atoms with Gasteiger partial charge in [-0.05, 0) is 38.0 Å². The molecule has 0 heterocycles. The minimum atomic E-state index is 0.347. The van der Waals surface area contributed by atoms with Crippen LogP contribution in [0.15, 0.2) is 0 Å². The molecule has 0 aromatic heterocycles. The lowest BCUT2D eigenvalue weighted by Gasteiger charge is -2.16. The topological polar surface area (TPSA) is 9.23 Å². The molecular formula is C9H17ClO. The summed E-state index contributed by atoms with van der Waals surface area (Å²) in [6.07, 6.45) is 5.04. The molecule has 0 aromatic rings. The maximum absolute atomic E-state index is 6.07. The van der Waals surface area contributed by atoms with Gasteiger partial charge in [0.15, 0.2) is 0 Å². The van der Waals surface area contributed by atoms with Gasteiger partial charge in [-0.1, -0.05) is 0 Å². The van der Waals surface area contributed by atoms with Crippen molar-refractivity contribution in [3.63, 3.8) is 0 Å². The molecule has 11 heavy (non-hydrogen) atoms. The summed E-state index contributed by atoms with van der Waals surface area (Å²) in [6, 6.07) is 0. The molecule has 1 atom stereocenters. The van der Waals surface area contributed by atoms with Gasteiger partial charge in [-0.2, -0.15) is 0 Å². The smallest absolute Gasteiger partial charge is 0.0462 e. The number of hydrogen-bond acceptors (Lipinski definition) is 1. The molecule has 0 N–H and O–H groups in total. The van der Waals surface area contributed by atoms with Gasteiger partial charge in [-0.15, -0.1) is 11.6 Å². The molecule has 1 nitrogen and oxygen atoms in total. The maximum atomic E-state index is 6.07. The molecule has 0 bridgehead atoms. The Bertz CT molecular complexity index is 119. The highest BCUT2D eigenvalue weighted by Crippen LogP contribution is 2.54. The molecule has 0 spiro atoms. The van der Waals surface area contributed by atoms with E-state index in [2.05, 4.69) is 6.92 Å². The zero-order valence-corrected chi connectivity index (χ0v) is 8.16. The normalized spacial score (nSPS) is 23.2. The fourth-order valence-corrected chi connectivity index (χ4v) is 1.90. The molecule has 0 amide bonds. The van der Waals surface area contributed by atoms with Crippen LogP contribution in [0.5, 0.6) is 0 Å². The molecule has 1 aliphatic carbocycles. The summed E-state index contributed by atoms with van der Waals surface area (Å²) in [5.74, 6) is 0. The van der Waals surface area contributed by atoms with Gasteiger partial charge in [-0.3, -0.25) is 0 Å². The lowest BCUT2D eigenvalue weighted by Crippen LogP contribution is -2.13. The Balaban J connectivity index is 2.14. The predicted octanol–water partition coefficient (Wildman–Crippen LogP) is 2.82. The van der Waals surface area contributed by atoms with Gasteiger partial charge < -0.3 is 4.74 Å². The summed E-state index contributed by atoms with van der Waals surface area (Å²) in [5.41, 5.74) is 0.486. The van der Waals surface area contributed by atoms with E-state index in [9.17, 15) is 0 Å². The highest BCUT2D eigenvalue weighted by Gasteiger charge is 2.45. The Hall–Kier alpha value is 0.250. The van der Waals surface area contributed by atoms with Crippen molar-refractivity contribution in [3.05, 3.63) is 0 Å². The van der Waals surface area contributed by atoms with E-state index in [4.69, 9.17) is 16.3 Å². The standard InChI is InChI=1S/C9H17ClO/c1-8(10)9(5-6-9)4-3-7-11-2/h8H,3-7H2,1-2H3. The molecule has 0 saturated heterocycles. The van der Waals surface area contributed by atoms with E-state index in [-0.39, 0.29) is 0 Å².